The van der Waals surface area contributed by atoms with Crippen molar-refractivity contribution in [2.75, 3.05) is 18.4 Å². The molecule has 2 aromatic rings. The van der Waals surface area contributed by atoms with Crippen molar-refractivity contribution in [3.63, 3.8) is 0 Å². The van der Waals surface area contributed by atoms with Gasteiger partial charge in [-0.2, -0.15) is 0 Å². The minimum Gasteiger partial charge on any atom is -0.472 e. The molecule has 25 heavy (non-hydrogen) atoms. The zero-order chi connectivity index (χ0) is 18.0. The molecule has 3 rings (SSSR count). The van der Waals surface area contributed by atoms with E-state index in [4.69, 9.17) is 10.2 Å². The number of anilines is 1. The minimum absolute atomic E-state index is 0.0449. The zero-order valence-corrected chi connectivity index (χ0v) is 13.9. The molecule has 2 heterocycles. The third-order valence-corrected chi connectivity index (χ3v) is 4.50. The number of furan rings is 1. The Morgan fingerprint density at radius 2 is 2.20 bits per heavy atom. The number of benzene rings is 1. The van der Waals surface area contributed by atoms with Gasteiger partial charge in [0, 0.05) is 12.6 Å². The molecule has 0 saturated carbocycles. The van der Waals surface area contributed by atoms with Crippen LogP contribution in [0.25, 0.3) is 0 Å². The lowest BCUT2D eigenvalue weighted by Crippen LogP contribution is -2.35. The van der Waals surface area contributed by atoms with Gasteiger partial charge in [0.1, 0.15) is 12.1 Å². The lowest BCUT2D eigenvalue weighted by atomic mass is 10.1. The second kappa shape index (κ2) is 7.06. The Morgan fingerprint density at radius 3 is 2.84 bits per heavy atom. The Kier molecular flexibility index (Phi) is 4.85. The molecule has 3 N–H and O–H groups in total. The second-order valence-electron chi connectivity index (χ2n) is 6.30. The summed E-state index contributed by atoms with van der Waals surface area (Å²) in [5.74, 6) is -0.995. The summed E-state index contributed by atoms with van der Waals surface area (Å²) in [6, 6.07) is 5.28. The van der Waals surface area contributed by atoms with Crippen molar-refractivity contribution in [3.8, 4) is 0 Å². The summed E-state index contributed by atoms with van der Waals surface area (Å²) in [5.41, 5.74) is 6.40. The molecule has 0 aliphatic carbocycles. The number of likely N-dealkylation sites (tertiary alicyclic amines) is 1. The van der Waals surface area contributed by atoms with Crippen LogP contribution in [-0.2, 0) is 0 Å². The number of nitrogens with zero attached hydrogens (tertiary/aromatic N) is 1. The third kappa shape index (κ3) is 3.56. The average molecular weight is 345 g/mol. The molecule has 2 unspecified atom stereocenters. The van der Waals surface area contributed by atoms with Crippen molar-refractivity contribution in [1.82, 2.24) is 4.90 Å². The van der Waals surface area contributed by atoms with Gasteiger partial charge in [-0.05, 0) is 50.1 Å². The van der Waals surface area contributed by atoms with Crippen LogP contribution in [0.4, 0.5) is 10.1 Å². The molecule has 1 fully saturated rings. The molecule has 1 saturated heterocycles. The Labute approximate surface area is 144 Å². The standard InChI is InChI=1S/C18H20FN3O3/c1-11-6-12(8-20)9-22(11)18(24)15-3-2-14(19)7-16(15)21-17(23)13-4-5-25-10-13/h2-5,7,10-12H,6,8-9,20H2,1H3,(H,21,23). The van der Waals surface area contributed by atoms with Crippen LogP contribution in [0, 0.1) is 11.7 Å². The number of hydrogen-bond donors (Lipinski definition) is 2. The molecule has 2 atom stereocenters. The molecule has 7 heteroatoms. The molecule has 2 amide bonds. The van der Waals surface area contributed by atoms with Crippen LogP contribution >= 0.6 is 0 Å². The fourth-order valence-corrected chi connectivity index (χ4v) is 3.15. The van der Waals surface area contributed by atoms with Crippen molar-refractivity contribution >= 4 is 17.5 Å². The van der Waals surface area contributed by atoms with E-state index in [-0.39, 0.29) is 29.1 Å². The van der Waals surface area contributed by atoms with Crippen molar-refractivity contribution in [3.05, 3.63) is 53.7 Å². The number of carbonyl (C=O) groups is 2. The van der Waals surface area contributed by atoms with Gasteiger partial charge >= 0.3 is 0 Å². The number of rotatable bonds is 4. The first-order valence-corrected chi connectivity index (χ1v) is 8.13. The third-order valence-electron chi connectivity index (χ3n) is 4.50. The fraction of sp³-hybridized carbons (Fsp3) is 0.333. The normalized spacial score (nSPS) is 19.9. The van der Waals surface area contributed by atoms with Gasteiger partial charge in [-0.15, -0.1) is 0 Å². The van der Waals surface area contributed by atoms with E-state index in [9.17, 15) is 14.0 Å². The average Bonchev–Trinajstić information content (AvgIpc) is 3.24. The second-order valence-corrected chi connectivity index (χ2v) is 6.30. The van der Waals surface area contributed by atoms with Crippen molar-refractivity contribution in [2.24, 2.45) is 11.7 Å². The van der Waals surface area contributed by atoms with Crippen LogP contribution in [0.1, 0.15) is 34.1 Å². The summed E-state index contributed by atoms with van der Waals surface area (Å²) in [6.07, 6.45) is 3.48. The number of hydrogen-bond acceptors (Lipinski definition) is 4. The minimum atomic E-state index is -0.534. The molecule has 0 radical (unpaired) electrons. The van der Waals surface area contributed by atoms with E-state index in [0.29, 0.717) is 18.7 Å². The smallest absolute Gasteiger partial charge is 0.258 e. The lowest BCUT2D eigenvalue weighted by molar-refractivity contribution is 0.0744. The largest absolute Gasteiger partial charge is 0.472 e. The topological polar surface area (TPSA) is 88.6 Å². The quantitative estimate of drug-likeness (QED) is 0.891. The highest BCUT2D eigenvalue weighted by molar-refractivity contribution is 6.08. The Bertz CT molecular complexity index is 776. The SMILES string of the molecule is CC1CC(CN)CN1C(=O)c1ccc(F)cc1NC(=O)c1ccoc1. The van der Waals surface area contributed by atoms with E-state index in [1.807, 2.05) is 6.92 Å². The molecular weight excluding hydrogens is 325 g/mol. The number of carbonyl (C=O) groups excluding carboxylic acids is 2. The van der Waals surface area contributed by atoms with Crippen LogP contribution in [0.2, 0.25) is 0 Å². The van der Waals surface area contributed by atoms with Crippen molar-refractivity contribution < 1.29 is 18.4 Å². The van der Waals surface area contributed by atoms with Crippen molar-refractivity contribution in [2.45, 2.75) is 19.4 Å². The molecule has 0 bridgehead atoms. The number of nitrogens with one attached hydrogen (secondary N) is 1. The Hall–Kier alpha value is -2.67. The number of amides is 2. The highest BCUT2D eigenvalue weighted by Crippen LogP contribution is 2.27. The van der Waals surface area contributed by atoms with E-state index in [1.54, 1.807) is 4.90 Å². The molecule has 0 spiro atoms. The first kappa shape index (κ1) is 17.2. The Balaban J connectivity index is 1.86. The summed E-state index contributed by atoms with van der Waals surface area (Å²) in [6.45, 7) is 3.03. The molecule has 1 aromatic heterocycles. The fourth-order valence-electron chi connectivity index (χ4n) is 3.15. The summed E-state index contributed by atoms with van der Waals surface area (Å²) < 4.78 is 18.5. The maximum absolute atomic E-state index is 13.7. The van der Waals surface area contributed by atoms with Crippen LogP contribution < -0.4 is 11.1 Å². The van der Waals surface area contributed by atoms with Gasteiger partial charge < -0.3 is 20.4 Å². The predicted molar refractivity (Wildman–Crippen MR) is 90.7 cm³/mol. The van der Waals surface area contributed by atoms with Gasteiger partial charge in [0.05, 0.1) is 23.1 Å². The lowest BCUT2D eigenvalue weighted by Gasteiger charge is -2.23. The van der Waals surface area contributed by atoms with E-state index in [0.717, 1.165) is 12.5 Å². The summed E-state index contributed by atoms with van der Waals surface area (Å²) in [5, 5.41) is 2.59. The van der Waals surface area contributed by atoms with Gasteiger partial charge in [0.25, 0.3) is 11.8 Å². The monoisotopic (exact) mass is 345 g/mol. The van der Waals surface area contributed by atoms with Gasteiger partial charge in [-0.1, -0.05) is 0 Å². The first-order chi connectivity index (χ1) is 12.0. The maximum atomic E-state index is 13.7. The molecule has 132 valence electrons. The number of halogens is 1. The van der Waals surface area contributed by atoms with Crippen LogP contribution in [0.5, 0.6) is 0 Å². The molecule has 1 aromatic carbocycles. The van der Waals surface area contributed by atoms with E-state index in [1.165, 1.54) is 30.7 Å². The number of nitrogens with two attached hydrogens (primary N) is 1. The summed E-state index contributed by atoms with van der Waals surface area (Å²) >= 11 is 0. The summed E-state index contributed by atoms with van der Waals surface area (Å²) in [7, 11) is 0. The molecule has 6 nitrogen and oxygen atoms in total. The van der Waals surface area contributed by atoms with E-state index in [2.05, 4.69) is 5.32 Å². The van der Waals surface area contributed by atoms with E-state index < -0.39 is 11.7 Å². The predicted octanol–water partition coefficient (Wildman–Crippen LogP) is 2.48. The van der Waals surface area contributed by atoms with Crippen LogP contribution in [-0.4, -0.2) is 35.8 Å². The van der Waals surface area contributed by atoms with Gasteiger partial charge in [0.15, 0.2) is 0 Å². The maximum Gasteiger partial charge on any atom is 0.258 e. The molecule has 1 aliphatic heterocycles. The molecular formula is C18H20FN3O3. The van der Waals surface area contributed by atoms with Crippen LogP contribution in [0.15, 0.2) is 41.2 Å². The first-order valence-electron chi connectivity index (χ1n) is 8.13. The van der Waals surface area contributed by atoms with E-state index >= 15 is 0 Å². The van der Waals surface area contributed by atoms with Crippen molar-refractivity contribution in [1.29, 1.82) is 0 Å². The summed E-state index contributed by atoms with van der Waals surface area (Å²) in [4.78, 5) is 26.8. The molecule has 1 aliphatic rings. The van der Waals surface area contributed by atoms with Crippen LogP contribution in [0.3, 0.4) is 0 Å². The zero-order valence-electron chi connectivity index (χ0n) is 13.9. The Morgan fingerprint density at radius 1 is 1.40 bits per heavy atom. The van der Waals surface area contributed by atoms with Gasteiger partial charge in [0.2, 0.25) is 0 Å². The highest BCUT2D eigenvalue weighted by atomic mass is 19.1. The highest BCUT2D eigenvalue weighted by Gasteiger charge is 2.33. The van der Waals surface area contributed by atoms with Gasteiger partial charge in [-0.25, -0.2) is 4.39 Å². The van der Waals surface area contributed by atoms with Gasteiger partial charge in [-0.3, -0.25) is 9.59 Å².